The van der Waals surface area contributed by atoms with Gasteiger partial charge in [-0.25, -0.2) is 0 Å². The second kappa shape index (κ2) is 9.65. The highest BCUT2D eigenvalue weighted by atomic mass is 16.1. The van der Waals surface area contributed by atoms with E-state index in [2.05, 4.69) is 60.9 Å². The summed E-state index contributed by atoms with van der Waals surface area (Å²) in [6.45, 7) is 1.91. The van der Waals surface area contributed by atoms with Crippen molar-refractivity contribution in [1.29, 1.82) is 0 Å². The number of carbonyl (C=O) groups excluding carboxylic acids is 1. The molecule has 7 heteroatoms. The summed E-state index contributed by atoms with van der Waals surface area (Å²) in [6.07, 6.45) is 5.08. The number of carbonyl (C=O) groups is 1. The van der Waals surface area contributed by atoms with Crippen LogP contribution in [0.15, 0.2) is 79.0 Å². The van der Waals surface area contributed by atoms with Crippen LogP contribution in [0.5, 0.6) is 0 Å². The minimum Gasteiger partial charge on any atom is -0.355 e. The number of amides is 1. The fourth-order valence-corrected chi connectivity index (χ4v) is 4.30. The second-order valence-corrected chi connectivity index (χ2v) is 8.40. The van der Waals surface area contributed by atoms with Crippen molar-refractivity contribution in [2.24, 2.45) is 5.92 Å². The Kier molecular flexibility index (Phi) is 6.10. The van der Waals surface area contributed by atoms with Gasteiger partial charge in [-0.3, -0.25) is 9.89 Å². The summed E-state index contributed by atoms with van der Waals surface area (Å²) < 4.78 is 0. The lowest BCUT2D eigenvalue weighted by atomic mass is 9.90. The van der Waals surface area contributed by atoms with E-state index in [9.17, 15) is 4.79 Å². The average molecular weight is 439 g/mol. The van der Waals surface area contributed by atoms with Crippen LogP contribution in [-0.4, -0.2) is 39.4 Å². The van der Waals surface area contributed by atoms with Gasteiger partial charge in [0.2, 0.25) is 0 Å². The largest absolute Gasteiger partial charge is 0.355 e. The lowest BCUT2D eigenvalue weighted by molar-refractivity contribution is 0.102. The third-order valence-corrected chi connectivity index (χ3v) is 6.12. The molecule has 2 aromatic heterocycles. The third-order valence-electron chi connectivity index (χ3n) is 6.12. The van der Waals surface area contributed by atoms with E-state index in [1.54, 1.807) is 12.3 Å². The number of nitrogens with one attached hydrogen (secondary N) is 2. The van der Waals surface area contributed by atoms with Crippen molar-refractivity contribution >= 4 is 17.4 Å². The number of benzene rings is 2. The standard InChI is InChI=1S/C26H26N6O/c33-26(28-22-8-4-7-21(18-22)23-11-14-27-29-23)24-9-10-25(31-30-24)32-15-12-20(13-16-32)17-19-5-2-1-3-6-19/h1-11,14,18,20H,12-13,15-17H2,(H,27,29)(H,28,33). The number of nitrogens with zero attached hydrogens (tertiary/aromatic N) is 4. The lowest BCUT2D eigenvalue weighted by Gasteiger charge is -2.32. The van der Waals surface area contributed by atoms with Crippen LogP contribution in [0, 0.1) is 5.92 Å². The normalized spacial score (nSPS) is 14.2. The second-order valence-electron chi connectivity index (χ2n) is 8.40. The van der Waals surface area contributed by atoms with Crippen LogP contribution in [-0.2, 0) is 6.42 Å². The Hall–Kier alpha value is -4.00. The molecule has 1 amide bonds. The van der Waals surface area contributed by atoms with Crippen LogP contribution in [0.2, 0.25) is 0 Å². The highest BCUT2D eigenvalue weighted by molar-refractivity contribution is 6.03. The van der Waals surface area contributed by atoms with Gasteiger partial charge < -0.3 is 10.2 Å². The fraction of sp³-hybridized carbons (Fsp3) is 0.231. The first-order valence-electron chi connectivity index (χ1n) is 11.3. The molecule has 4 aromatic rings. The van der Waals surface area contributed by atoms with Crippen molar-refractivity contribution in [1.82, 2.24) is 20.4 Å². The quantitative estimate of drug-likeness (QED) is 0.460. The van der Waals surface area contributed by atoms with E-state index in [0.29, 0.717) is 17.3 Å². The van der Waals surface area contributed by atoms with E-state index >= 15 is 0 Å². The fourth-order valence-electron chi connectivity index (χ4n) is 4.30. The molecule has 5 rings (SSSR count). The maximum Gasteiger partial charge on any atom is 0.276 e. The van der Waals surface area contributed by atoms with Crippen LogP contribution in [0.4, 0.5) is 11.5 Å². The smallest absolute Gasteiger partial charge is 0.276 e. The van der Waals surface area contributed by atoms with Crippen molar-refractivity contribution in [3.8, 4) is 11.3 Å². The van der Waals surface area contributed by atoms with Gasteiger partial charge in [-0.15, -0.1) is 10.2 Å². The Balaban J connectivity index is 1.17. The Bertz CT molecular complexity index is 1180. The average Bonchev–Trinajstić information content (AvgIpc) is 3.41. The number of anilines is 2. The van der Waals surface area contributed by atoms with Gasteiger partial charge in [0.05, 0.1) is 5.69 Å². The van der Waals surface area contributed by atoms with E-state index in [1.165, 1.54) is 5.56 Å². The van der Waals surface area contributed by atoms with E-state index in [1.807, 2.05) is 36.4 Å². The van der Waals surface area contributed by atoms with Gasteiger partial charge in [-0.05, 0) is 61.1 Å². The SMILES string of the molecule is O=C(Nc1cccc(-c2ccn[nH]2)c1)c1ccc(N2CCC(Cc3ccccc3)CC2)nn1. The highest BCUT2D eigenvalue weighted by Crippen LogP contribution is 2.25. The Morgan fingerprint density at radius 3 is 2.55 bits per heavy atom. The van der Waals surface area contributed by atoms with Crippen LogP contribution < -0.4 is 10.2 Å². The van der Waals surface area contributed by atoms with Crippen LogP contribution >= 0.6 is 0 Å². The summed E-state index contributed by atoms with van der Waals surface area (Å²) in [5.74, 6) is 1.24. The van der Waals surface area contributed by atoms with Gasteiger partial charge in [0.1, 0.15) is 0 Å². The summed E-state index contributed by atoms with van der Waals surface area (Å²) in [7, 11) is 0. The molecule has 1 fully saturated rings. The molecule has 0 saturated carbocycles. The van der Waals surface area contributed by atoms with E-state index < -0.39 is 0 Å². The van der Waals surface area contributed by atoms with Crippen molar-refractivity contribution < 1.29 is 4.79 Å². The number of hydrogen-bond donors (Lipinski definition) is 2. The van der Waals surface area contributed by atoms with Gasteiger partial charge >= 0.3 is 0 Å². The molecule has 7 nitrogen and oxygen atoms in total. The Labute approximate surface area is 192 Å². The van der Waals surface area contributed by atoms with Crippen molar-refractivity contribution in [3.63, 3.8) is 0 Å². The Morgan fingerprint density at radius 2 is 1.82 bits per heavy atom. The first kappa shape index (κ1) is 20.9. The summed E-state index contributed by atoms with van der Waals surface area (Å²) in [5.41, 5.74) is 4.23. The topological polar surface area (TPSA) is 86.8 Å². The van der Waals surface area contributed by atoms with Crippen molar-refractivity contribution in [2.45, 2.75) is 19.3 Å². The zero-order valence-corrected chi connectivity index (χ0v) is 18.3. The van der Waals surface area contributed by atoms with Gasteiger partial charge in [0.15, 0.2) is 11.5 Å². The monoisotopic (exact) mass is 438 g/mol. The first-order valence-corrected chi connectivity index (χ1v) is 11.3. The molecule has 0 unspecified atom stereocenters. The summed E-state index contributed by atoms with van der Waals surface area (Å²) in [5, 5.41) is 18.3. The molecule has 3 heterocycles. The van der Waals surface area contributed by atoms with E-state index in [0.717, 1.165) is 49.4 Å². The number of piperidine rings is 1. The third kappa shape index (κ3) is 5.09. The highest BCUT2D eigenvalue weighted by Gasteiger charge is 2.21. The molecule has 2 aromatic carbocycles. The summed E-state index contributed by atoms with van der Waals surface area (Å²) in [6, 6.07) is 23.8. The number of hydrogen-bond acceptors (Lipinski definition) is 5. The van der Waals surface area contributed by atoms with Gasteiger partial charge in [-0.1, -0.05) is 42.5 Å². The zero-order chi connectivity index (χ0) is 22.5. The van der Waals surface area contributed by atoms with Crippen molar-refractivity contribution in [2.75, 3.05) is 23.3 Å². The van der Waals surface area contributed by atoms with Crippen LogP contribution in [0.25, 0.3) is 11.3 Å². The maximum atomic E-state index is 12.7. The predicted octanol–water partition coefficient (Wildman–Crippen LogP) is 4.58. The summed E-state index contributed by atoms with van der Waals surface area (Å²) in [4.78, 5) is 14.9. The molecule has 0 bridgehead atoms. The van der Waals surface area contributed by atoms with Gasteiger partial charge in [-0.2, -0.15) is 5.10 Å². The molecule has 33 heavy (non-hydrogen) atoms. The predicted molar refractivity (Wildman–Crippen MR) is 129 cm³/mol. The molecule has 0 aliphatic carbocycles. The zero-order valence-electron chi connectivity index (χ0n) is 18.3. The van der Waals surface area contributed by atoms with E-state index in [4.69, 9.17) is 0 Å². The van der Waals surface area contributed by atoms with Crippen molar-refractivity contribution in [3.05, 3.63) is 90.3 Å². The molecule has 1 aliphatic heterocycles. The van der Waals surface area contributed by atoms with Gasteiger partial charge in [0.25, 0.3) is 5.91 Å². The molecule has 0 radical (unpaired) electrons. The van der Waals surface area contributed by atoms with Crippen LogP contribution in [0.1, 0.15) is 28.9 Å². The molecule has 166 valence electrons. The number of aromatic nitrogens is 4. The molecular formula is C26H26N6O. The van der Waals surface area contributed by atoms with Crippen LogP contribution in [0.3, 0.4) is 0 Å². The molecule has 0 atom stereocenters. The molecule has 1 aliphatic rings. The minimum absolute atomic E-state index is 0.280. The number of H-pyrrole nitrogens is 1. The molecule has 2 N–H and O–H groups in total. The molecular weight excluding hydrogens is 412 g/mol. The number of aromatic amines is 1. The Morgan fingerprint density at radius 1 is 0.970 bits per heavy atom. The maximum absolute atomic E-state index is 12.7. The summed E-state index contributed by atoms with van der Waals surface area (Å²) >= 11 is 0. The first-order chi connectivity index (χ1) is 16.2. The number of rotatable bonds is 6. The molecule has 1 saturated heterocycles. The van der Waals surface area contributed by atoms with Gasteiger partial charge in [0, 0.05) is 30.5 Å². The molecule has 0 spiro atoms. The minimum atomic E-state index is -0.280. The van der Waals surface area contributed by atoms with E-state index in [-0.39, 0.29) is 5.91 Å². The lowest BCUT2D eigenvalue weighted by Crippen LogP contribution is -2.35.